The Kier molecular flexibility index (Phi) is 2.78. The first kappa shape index (κ1) is 11.8. The molecule has 1 aromatic carbocycles. The smallest absolute Gasteiger partial charge is 0.274 e. The number of anilines is 1. The maximum atomic E-state index is 12.2. The molecule has 0 unspecified atom stereocenters. The number of pyridine rings is 1. The molecule has 0 bridgehead atoms. The molecule has 0 atom stereocenters. The first-order valence-electron chi connectivity index (χ1n) is 6.36. The van der Waals surface area contributed by atoms with Crippen molar-refractivity contribution >= 4 is 5.69 Å². The number of nitrogens with zero attached hydrogens (tertiary/aromatic N) is 1. The van der Waals surface area contributed by atoms with Gasteiger partial charge in [-0.05, 0) is 37.1 Å². The Balaban J connectivity index is 2.19. The summed E-state index contributed by atoms with van der Waals surface area (Å²) in [6, 6.07) is 11.6. The summed E-state index contributed by atoms with van der Waals surface area (Å²) in [4.78, 5) is 12.2. The lowest BCUT2D eigenvalue weighted by Gasteiger charge is -2.13. The van der Waals surface area contributed by atoms with Crippen LogP contribution in [0.25, 0.3) is 11.3 Å². The fraction of sp³-hybridized carbons (Fsp3) is 0.267. The average molecular weight is 256 g/mol. The molecule has 0 spiro atoms. The monoisotopic (exact) mass is 256 g/mol. The molecule has 0 aliphatic heterocycles. The number of methoxy groups -OCH3 is 1. The molecule has 19 heavy (non-hydrogen) atoms. The largest absolute Gasteiger partial charge is 0.497 e. The topological polar surface area (TPSA) is 57.2 Å². The van der Waals surface area contributed by atoms with Gasteiger partial charge in [-0.2, -0.15) is 0 Å². The Hall–Kier alpha value is -2.23. The molecule has 2 N–H and O–H groups in total. The zero-order valence-electron chi connectivity index (χ0n) is 10.8. The highest BCUT2D eigenvalue weighted by molar-refractivity contribution is 5.63. The Bertz CT molecular complexity index is 672. The molecule has 1 aliphatic carbocycles. The van der Waals surface area contributed by atoms with Crippen LogP contribution in [0.15, 0.2) is 41.2 Å². The molecule has 4 heteroatoms. The van der Waals surface area contributed by atoms with E-state index in [4.69, 9.17) is 10.5 Å². The van der Waals surface area contributed by atoms with Gasteiger partial charge in [0.1, 0.15) is 5.75 Å². The molecule has 1 fully saturated rings. The van der Waals surface area contributed by atoms with E-state index >= 15 is 0 Å². The summed E-state index contributed by atoms with van der Waals surface area (Å²) in [7, 11) is 1.63. The van der Waals surface area contributed by atoms with Crippen molar-refractivity contribution < 1.29 is 4.74 Å². The summed E-state index contributed by atoms with van der Waals surface area (Å²) in [5.41, 5.74) is 7.82. The van der Waals surface area contributed by atoms with Crippen LogP contribution in [-0.4, -0.2) is 11.7 Å². The molecule has 1 saturated carbocycles. The number of nitrogen functional groups attached to an aromatic ring is 1. The summed E-state index contributed by atoms with van der Waals surface area (Å²) in [5.74, 6) is 0.782. The molecule has 4 nitrogen and oxygen atoms in total. The van der Waals surface area contributed by atoms with Gasteiger partial charge < -0.3 is 15.0 Å². The normalized spacial score (nSPS) is 14.4. The van der Waals surface area contributed by atoms with E-state index in [-0.39, 0.29) is 11.6 Å². The molecule has 1 aliphatic rings. The van der Waals surface area contributed by atoms with Gasteiger partial charge in [-0.1, -0.05) is 12.1 Å². The second-order valence-corrected chi connectivity index (χ2v) is 4.81. The number of ether oxygens (including phenoxy) is 1. The predicted molar refractivity (Wildman–Crippen MR) is 75.4 cm³/mol. The maximum Gasteiger partial charge on any atom is 0.274 e. The highest BCUT2D eigenvalue weighted by atomic mass is 16.5. The van der Waals surface area contributed by atoms with Crippen molar-refractivity contribution in [2.24, 2.45) is 0 Å². The second-order valence-electron chi connectivity index (χ2n) is 4.81. The summed E-state index contributed by atoms with van der Waals surface area (Å²) in [6.45, 7) is 0. The molecule has 0 radical (unpaired) electrons. The fourth-order valence-corrected chi connectivity index (χ4v) is 2.28. The van der Waals surface area contributed by atoms with E-state index in [2.05, 4.69) is 0 Å². The van der Waals surface area contributed by atoms with E-state index in [9.17, 15) is 4.79 Å². The summed E-state index contributed by atoms with van der Waals surface area (Å²) in [6.07, 6.45) is 2.08. The lowest BCUT2D eigenvalue weighted by molar-refractivity contribution is 0.415. The Morgan fingerprint density at radius 1 is 1.26 bits per heavy atom. The van der Waals surface area contributed by atoms with Crippen LogP contribution in [0.5, 0.6) is 5.75 Å². The van der Waals surface area contributed by atoms with Crippen LogP contribution in [0.2, 0.25) is 0 Å². The molecule has 1 heterocycles. The zero-order valence-corrected chi connectivity index (χ0v) is 10.8. The molecule has 98 valence electrons. The van der Waals surface area contributed by atoms with Gasteiger partial charge in [-0.3, -0.25) is 4.79 Å². The van der Waals surface area contributed by atoms with Crippen LogP contribution < -0.4 is 16.0 Å². The Labute approximate surface area is 111 Å². The lowest BCUT2D eigenvalue weighted by Crippen LogP contribution is -2.23. The van der Waals surface area contributed by atoms with Gasteiger partial charge in [0.05, 0.1) is 18.5 Å². The third-order valence-electron chi connectivity index (χ3n) is 3.42. The highest BCUT2D eigenvalue weighted by Gasteiger charge is 2.27. The van der Waals surface area contributed by atoms with Gasteiger partial charge in [0.15, 0.2) is 0 Å². The van der Waals surface area contributed by atoms with Crippen LogP contribution in [0.1, 0.15) is 18.9 Å². The molecular weight excluding hydrogens is 240 g/mol. The van der Waals surface area contributed by atoms with Gasteiger partial charge >= 0.3 is 0 Å². The third-order valence-corrected chi connectivity index (χ3v) is 3.42. The second kappa shape index (κ2) is 4.46. The van der Waals surface area contributed by atoms with Crippen LogP contribution in [-0.2, 0) is 0 Å². The van der Waals surface area contributed by atoms with E-state index in [1.165, 1.54) is 0 Å². The number of nitrogens with two attached hydrogens (primary N) is 1. The first-order valence-corrected chi connectivity index (χ1v) is 6.36. The predicted octanol–water partition coefficient (Wildman–Crippen LogP) is 2.44. The molecule has 0 amide bonds. The summed E-state index contributed by atoms with van der Waals surface area (Å²) >= 11 is 0. The van der Waals surface area contributed by atoms with Crippen molar-refractivity contribution in [3.8, 4) is 17.0 Å². The van der Waals surface area contributed by atoms with Gasteiger partial charge in [0.25, 0.3) is 5.56 Å². The number of hydrogen-bond acceptors (Lipinski definition) is 3. The lowest BCUT2D eigenvalue weighted by atomic mass is 10.1. The quantitative estimate of drug-likeness (QED) is 0.917. The SMILES string of the molecule is COc1cccc(-c2ccc(N)c(=O)n2C2CC2)c1. The van der Waals surface area contributed by atoms with E-state index in [0.717, 1.165) is 29.8 Å². The standard InChI is InChI=1S/C15H16N2O2/c1-19-12-4-2-3-10(9-12)14-8-7-13(16)15(18)17(14)11-5-6-11/h2-4,7-9,11H,5-6,16H2,1H3. The Morgan fingerprint density at radius 3 is 2.74 bits per heavy atom. The minimum Gasteiger partial charge on any atom is -0.497 e. The van der Waals surface area contributed by atoms with Crippen LogP contribution in [0.4, 0.5) is 5.69 Å². The minimum atomic E-state index is -0.0946. The maximum absolute atomic E-state index is 12.2. The van der Waals surface area contributed by atoms with E-state index < -0.39 is 0 Å². The number of aromatic nitrogens is 1. The van der Waals surface area contributed by atoms with Crippen LogP contribution in [0.3, 0.4) is 0 Å². The van der Waals surface area contributed by atoms with Crippen molar-refractivity contribution in [2.75, 3.05) is 12.8 Å². The molecular formula is C15H16N2O2. The van der Waals surface area contributed by atoms with Crippen molar-refractivity contribution in [1.29, 1.82) is 0 Å². The molecule has 2 aromatic rings. The molecule has 3 rings (SSSR count). The number of benzene rings is 1. The minimum absolute atomic E-state index is 0.0946. The van der Waals surface area contributed by atoms with Crippen LogP contribution >= 0.6 is 0 Å². The summed E-state index contributed by atoms with van der Waals surface area (Å²) in [5, 5.41) is 0. The number of hydrogen-bond donors (Lipinski definition) is 1. The van der Waals surface area contributed by atoms with Gasteiger partial charge in [0, 0.05) is 11.6 Å². The average Bonchev–Trinajstić information content (AvgIpc) is 3.26. The van der Waals surface area contributed by atoms with Gasteiger partial charge in [0.2, 0.25) is 0 Å². The van der Waals surface area contributed by atoms with E-state index in [0.29, 0.717) is 5.69 Å². The zero-order chi connectivity index (χ0) is 13.4. The van der Waals surface area contributed by atoms with Gasteiger partial charge in [-0.15, -0.1) is 0 Å². The van der Waals surface area contributed by atoms with Crippen molar-refractivity contribution in [3.63, 3.8) is 0 Å². The highest BCUT2D eigenvalue weighted by Crippen LogP contribution is 2.37. The van der Waals surface area contributed by atoms with E-state index in [1.807, 2.05) is 34.9 Å². The third kappa shape index (κ3) is 2.10. The number of rotatable bonds is 3. The first-order chi connectivity index (χ1) is 9.20. The van der Waals surface area contributed by atoms with E-state index in [1.54, 1.807) is 13.2 Å². The fourth-order valence-electron chi connectivity index (χ4n) is 2.28. The van der Waals surface area contributed by atoms with Gasteiger partial charge in [-0.25, -0.2) is 0 Å². The summed E-state index contributed by atoms with van der Waals surface area (Å²) < 4.78 is 7.04. The van der Waals surface area contributed by atoms with Crippen LogP contribution in [0, 0.1) is 0 Å². The molecule has 1 aromatic heterocycles. The molecule has 0 saturated heterocycles. The van der Waals surface area contributed by atoms with Crippen molar-refractivity contribution in [2.45, 2.75) is 18.9 Å². The Morgan fingerprint density at radius 2 is 2.05 bits per heavy atom. The van der Waals surface area contributed by atoms with Crippen molar-refractivity contribution in [1.82, 2.24) is 4.57 Å². The van der Waals surface area contributed by atoms with Crippen molar-refractivity contribution in [3.05, 3.63) is 46.8 Å².